The summed E-state index contributed by atoms with van der Waals surface area (Å²) in [6.07, 6.45) is 1.66. The number of hydrogen-bond donors (Lipinski definition) is 2. The first kappa shape index (κ1) is 16.9. The lowest BCUT2D eigenvalue weighted by Crippen LogP contribution is -2.29. The van der Waals surface area contributed by atoms with Crippen LogP contribution in [0.2, 0.25) is 5.02 Å². The van der Waals surface area contributed by atoms with Gasteiger partial charge in [0.25, 0.3) is 0 Å². The van der Waals surface area contributed by atoms with E-state index in [1.165, 1.54) is 0 Å². The van der Waals surface area contributed by atoms with Gasteiger partial charge in [0.1, 0.15) is 5.75 Å². The Hall–Kier alpha value is -2.47. The number of ether oxygens (including phenoxy) is 2. The van der Waals surface area contributed by atoms with E-state index in [-0.39, 0.29) is 12.5 Å². The highest BCUT2D eigenvalue weighted by molar-refractivity contribution is 6.30. The van der Waals surface area contributed by atoms with Crippen LogP contribution in [0.1, 0.15) is 5.56 Å². The van der Waals surface area contributed by atoms with Crippen molar-refractivity contribution in [2.24, 2.45) is 0 Å². The Balaban J connectivity index is 1.84. The van der Waals surface area contributed by atoms with Gasteiger partial charge in [0.05, 0.1) is 26.5 Å². The Labute approximate surface area is 139 Å². The van der Waals surface area contributed by atoms with E-state index in [1.54, 1.807) is 44.7 Å². The van der Waals surface area contributed by atoms with E-state index < -0.39 is 0 Å². The Bertz CT molecular complexity index is 662. The van der Waals surface area contributed by atoms with Gasteiger partial charge in [0, 0.05) is 23.8 Å². The van der Waals surface area contributed by atoms with E-state index in [9.17, 15) is 4.79 Å². The second-order valence-electron chi connectivity index (χ2n) is 4.68. The molecule has 7 heteroatoms. The first-order chi connectivity index (χ1) is 11.1. The normalized spacial score (nSPS) is 10.0. The molecule has 2 N–H and O–H groups in total. The topological polar surface area (TPSA) is 72.5 Å². The molecule has 0 fully saturated rings. The van der Waals surface area contributed by atoms with Crippen molar-refractivity contribution >= 4 is 23.2 Å². The largest absolute Gasteiger partial charge is 0.495 e. The number of hydrogen-bond acceptors (Lipinski definition) is 5. The highest BCUT2D eigenvalue weighted by Crippen LogP contribution is 2.27. The molecular weight excluding hydrogens is 318 g/mol. The quantitative estimate of drug-likeness (QED) is 0.813. The Kier molecular flexibility index (Phi) is 6.05. The van der Waals surface area contributed by atoms with Crippen LogP contribution >= 0.6 is 11.6 Å². The molecule has 0 saturated heterocycles. The summed E-state index contributed by atoms with van der Waals surface area (Å²) in [5.41, 5.74) is 1.56. The minimum atomic E-state index is -0.150. The summed E-state index contributed by atoms with van der Waals surface area (Å²) in [5, 5.41) is 6.37. The maximum Gasteiger partial charge on any atom is 0.239 e. The van der Waals surface area contributed by atoms with Crippen LogP contribution in [0.5, 0.6) is 11.6 Å². The van der Waals surface area contributed by atoms with Crippen LogP contribution in [-0.2, 0) is 11.3 Å². The zero-order valence-electron chi connectivity index (χ0n) is 12.9. The van der Waals surface area contributed by atoms with Crippen LogP contribution in [0.3, 0.4) is 0 Å². The molecule has 0 radical (unpaired) electrons. The van der Waals surface area contributed by atoms with Gasteiger partial charge in [0.15, 0.2) is 0 Å². The van der Waals surface area contributed by atoms with Gasteiger partial charge in [-0.3, -0.25) is 4.79 Å². The molecule has 0 aliphatic carbocycles. The van der Waals surface area contributed by atoms with Gasteiger partial charge >= 0.3 is 0 Å². The first-order valence-electron chi connectivity index (χ1n) is 6.95. The molecule has 6 nitrogen and oxygen atoms in total. The molecule has 0 unspecified atom stereocenters. The highest BCUT2D eigenvalue weighted by atomic mass is 35.5. The standard InChI is InChI=1S/C16H18ClN3O3/c1-22-14-5-4-12(17)7-13(14)18-10-15(21)19-8-11-3-6-16(23-2)20-9-11/h3-7,9,18H,8,10H2,1-2H3,(H,19,21). The summed E-state index contributed by atoms with van der Waals surface area (Å²) >= 11 is 5.94. The molecule has 23 heavy (non-hydrogen) atoms. The fraction of sp³-hybridized carbons (Fsp3) is 0.250. The lowest BCUT2D eigenvalue weighted by atomic mass is 10.2. The average Bonchev–Trinajstić information content (AvgIpc) is 2.58. The maximum atomic E-state index is 11.9. The van der Waals surface area contributed by atoms with Crippen molar-refractivity contribution in [1.82, 2.24) is 10.3 Å². The summed E-state index contributed by atoms with van der Waals surface area (Å²) in [6.45, 7) is 0.504. The van der Waals surface area contributed by atoms with Gasteiger partial charge in [-0.2, -0.15) is 0 Å². The minimum Gasteiger partial charge on any atom is -0.495 e. The van der Waals surface area contributed by atoms with Crippen molar-refractivity contribution in [3.8, 4) is 11.6 Å². The Morgan fingerprint density at radius 1 is 1.22 bits per heavy atom. The van der Waals surface area contributed by atoms with Crippen molar-refractivity contribution in [2.75, 3.05) is 26.1 Å². The van der Waals surface area contributed by atoms with E-state index in [2.05, 4.69) is 15.6 Å². The van der Waals surface area contributed by atoms with Crippen LogP contribution in [0.4, 0.5) is 5.69 Å². The number of anilines is 1. The van der Waals surface area contributed by atoms with Gasteiger partial charge < -0.3 is 20.1 Å². The third kappa shape index (κ3) is 5.03. The zero-order valence-corrected chi connectivity index (χ0v) is 13.7. The molecule has 2 aromatic rings. The number of methoxy groups -OCH3 is 2. The summed E-state index contributed by atoms with van der Waals surface area (Å²) in [5.74, 6) is 1.01. The summed E-state index contributed by atoms with van der Waals surface area (Å²) < 4.78 is 10.2. The summed E-state index contributed by atoms with van der Waals surface area (Å²) in [4.78, 5) is 16.0. The number of pyridine rings is 1. The molecule has 1 heterocycles. The first-order valence-corrected chi connectivity index (χ1v) is 7.33. The molecule has 0 bridgehead atoms. The maximum absolute atomic E-state index is 11.9. The van der Waals surface area contributed by atoms with E-state index in [4.69, 9.17) is 21.1 Å². The second-order valence-corrected chi connectivity index (χ2v) is 5.12. The fourth-order valence-corrected chi connectivity index (χ4v) is 2.07. The van der Waals surface area contributed by atoms with E-state index in [0.717, 1.165) is 5.56 Å². The third-order valence-electron chi connectivity index (χ3n) is 3.10. The molecular formula is C16H18ClN3O3. The number of amides is 1. The van der Waals surface area contributed by atoms with E-state index in [0.29, 0.717) is 28.9 Å². The van der Waals surface area contributed by atoms with Crippen LogP contribution in [0.25, 0.3) is 0 Å². The summed E-state index contributed by atoms with van der Waals surface area (Å²) in [6, 6.07) is 8.77. The van der Waals surface area contributed by atoms with Crippen LogP contribution in [-0.4, -0.2) is 31.7 Å². The van der Waals surface area contributed by atoms with Crippen molar-refractivity contribution < 1.29 is 14.3 Å². The lowest BCUT2D eigenvalue weighted by molar-refractivity contribution is -0.119. The number of rotatable bonds is 7. The molecule has 1 amide bonds. The SMILES string of the molecule is COc1ccc(CNC(=O)CNc2cc(Cl)ccc2OC)cn1. The minimum absolute atomic E-state index is 0.111. The smallest absolute Gasteiger partial charge is 0.239 e. The van der Waals surface area contributed by atoms with Gasteiger partial charge in [-0.05, 0) is 23.8 Å². The lowest BCUT2D eigenvalue weighted by Gasteiger charge is -2.11. The number of benzene rings is 1. The number of nitrogens with one attached hydrogen (secondary N) is 2. The number of carbonyl (C=O) groups is 1. The molecule has 0 aliphatic heterocycles. The molecule has 0 spiro atoms. The molecule has 122 valence electrons. The van der Waals surface area contributed by atoms with E-state index in [1.807, 2.05) is 6.07 Å². The molecule has 0 saturated carbocycles. The van der Waals surface area contributed by atoms with Crippen molar-refractivity contribution in [2.45, 2.75) is 6.54 Å². The van der Waals surface area contributed by atoms with Crippen molar-refractivity contribution in [3.63, 3.8) is 0 Å². The number of carbonyl (C=O) groups excluding carboxylic acids is 1. The number of nitrogens with zero attached hydrogens (tertiary/aromatic N) is 1. The molecule has 0 aliphatic rings. The summed E-state index contributed by atoms with van der Waals surface area (Å²) in [7, 11) is 3.12. The highest BCUT2D eigenvalue weighted by Gasteiger charge is 2.06. The molecule has 1 aromatic carbocycles. The Morgan fingerprint density at radius 3 is 2.70 bits per heavy atom. The van der Waals surface area contributed by atoms with Crippen LogP contribution < -0.4 is 20.1 Å². The zero-order chi connectivity index (χ0) is 16.7. The average molecular weight is 336 g/mol. The number of aromatic nitrogens is 1. The molecule has 0 atom stereocenters. The van der Waals surface area contributed by atoms with E-state index >= 15 is 0 Å². The van der Waals surface area contributed by atoms with Gasteiger partial charge in [-0.25, -0.2) is 4.98 Å². The van der Waals surface area contributed by atoms with Gasteiger partial charge in [0.2, 0.25) is 11.8 Å². The van der Waals surface area contributed by atoms with Crippen molar-refractivity contribution in [3.05, 3.63) is 47.1 Å². The number of halogens is 1. The molecule has 1 aromatic heterocycles. The Morgan fingerprint density at radius 2 is 2.04 bits per heavy atom. The monoisotopic (exact) mass is 335 g/mol. The second kappa shape index (κ2) is 8.24. The van der Waals surface area contributed by atoms with Crippen LogP contribution in [0.15, 0.2) is 36.5 Å². The fourth-order valence-electron chi connectivity index (χ4n) is 1.89. The van der Waals surface area contributed by atoms with Crippen LogP contribution in [0, 0.1) is 0 Å². The van der Waals surface area contributed by atoms with Gasteiger partial charge in [-0.15, -0.1) is 0 Å². The third-order valence-corrected chi connectivity index (χ3v) is 3.33. The van der Waals surface area contributed by atoms with Gasteiger partial charge in [-0.1, -0.05) is 17.7 Å². The molecule has 2 rings (SSSR count). The van der Waals surface area contributed by atoms with Crippen molar-refractivity contribution in [1.29, 1.82) is 0 Å². The predicted octanol–water partition coefficient (Wildman–Crippen LogP) is 2.48. The predicted molar refractivity (Wildman–Crippen MR) is 89.1 cm³/mol.